The zero-order valence-corrected chi connectivity index (χ0v) is 8.85. The zero-order valence-electron chi connectivity index (χ0n) is 8.85. The maximum Gasteiger partial charge on any atom is 0.0410 e. The molecule has 0 unspecified atom stereocenters. The Balaban J connectivity index is 2.32. The third-order valence-corrected chi connectivity index (χ3v) is 2.44. The van der Waals surface area contributed by atoms with E-state index in [4.69, 9.17) is 0 Å². The molecule has 1 nitrogen and oxygen atoms in total. The van der Waals surface area contributed by atoms with Crippen LogP contribution in [0, 0.1) is 6.92 Å². The van der Waals surface area contributed by atoms with Crippen molar-refractivity contribution in [1.29, 1.82) is 0 Å². The van der Waals surface area contributed by atoms with Crippen LogP contribution >= 0.6 is 0 Å². The summed E-state index contributed by atoms with van der Waals surface area (Å²) in [6.45, 7) is 3.93. The van der Waals surface area contributed by atoms with Gasteiger partial charge in [-0.2, -0.15) is 0 Å². The van der Waals surface area contributed by atoms with Crippen LogP contribution in [0.2, 0.25) is 0 Å². The topological polar surface area (TPSA) is 3.24 Å². The highest BCUT2D eigenvalue weighted by atomic mass is 15.1. The highest BCUT2D eigenvalue weighted by Gasteiger charge is 2.01. The third-order valence-electron chi connectivity index (χ3n) is 2.44. The lowest BCUT2D eigenvalue weighted by molar-refractivity contribution is 1.21. The van der Waals surface area contributed by atoms with Crippen LogP contribution in [0.5, 0.6) is 0 Å². The number of para-hydroxylation sites is 1. The molecule has 0 bridgehead atoms. The van der Waals surface area contributed by atoms with Crippen LogP contribution in [0.1, 0.15) is 5.56 Å². The van der Waals surface area contributed by atoms with E-state index in [1.807, 2.05) is 30.3 Å². The molecule has 0 heterocycles. The molecule has 0 fully saturated rings. The molecule has 2 rings (SSSR count). The molecule has 15 heavy (non-hydrogen) atoms. The summed E-state index contributed by atoms with van der Waals surface area (Å²) in [4.78, 5) is 2.15. The largest absolute Gasteiger partial charge is 0.345 e. The second-order valence-electron chi connectivity index (χ2n) is 3.56. The molecule has 1 radical (unpaired) electrons. The van der Waals surface area contributed by atoms with Crippen LogP contribution in [0.4, 0.5) is 11.4 Å². The summed E-state index contributed by atoms with van der Waals surface area (Å²) in [5.74, 6) is 0. The molecule has 0 amide bonds. The second-order valence-corrected chi connectivity index (χ2v) is 3.56. The average Bonchev–Trinajstić information content (AvgIpc) is 2.29. The van der Waals surface area contributed by atoms with Gasteiger partial charge in [-0.3, -0.25) is 0 Å². The van der Waals surface area contributed by atoms with Crippen molar-refractivity contribution in [2.45, 2.75) is 0 Å². The molecule has 1 heteroatoms. The molecular weight excluding hydrogens is 182 g/mol. The number of benzene rings is 2. The molecule has 2 aromatic carbocycles. The maximum atomic E-state index is 3.93. The number of hydrogen-bond donors (Lipinski definition) is 0. The lowest BCUT2D eigenvalue weighted by Crippen LogP contribution is -2.08. The van der Waals surface area contributed by atoms with Crippen LogP contribution in [0.25, 0.3) is 0 Å². The zero-order chi connectivity index (χ0) is 10.7. The summed E-state index contributed by atoms with van der Waals surface area (Å²) in [5, 5.41) is 0. The minimum atomic E-state index is 1.04. The monoisotopic (exact) mass is 196 g/mol. The van der Waals surface area contributed by atoms with Crippen LogP contribution in [-0.2, 0) is 0 Å². The van der Waals surface area contributed by atoms with Crippen LogP contribution in [0.3, 0.4) is 0 Å². The van der Waals surface area contributed by atoms with E-state index in [0.717, 1.165) is 11.3 Å². The predicted molar refractivity (Wildman–Crippen MR) is 65.4 cm³/mol. The first kappa shape index (κ1) is 9.78. The lowest BCUT2D eigenvalue weighted by Gasteiger charge is -2.19. The van der Waals surface area contributed by atoms with Gasteiger partial charge in [0.25, 0.3) is 0 Å². The molecule has 75 valence electrons. The van der Waals surface area contributed by atoms with Gasteiger partial charge in [0, 0.05) is 18.4 Å². The highest BCUT2D eigenvalue weighted by Crippen LogP contribution is 2.23. The minimum Gasteiger partial charge on any atom is -0.345 e. The quantitative estimate of drug-likeness (QED) is 0.708. The Morgan fingerprint density at radius 1 is 0.867 bits per heavy atom. The van der Waals surface area contributed by atoms with Gasteiger partial charge >= 0.3 is 0 Å². The van der Waals surface area contributed by atoms with E-state index in [1.54, 1.807) is 0 Å². The molecule has 0 aliphatic rings. The Bertz CT molecular complexity index is 434. The molecule has 0 saturated heterocycles. The molecule has 0 N–H and O–H groups in total. The fourth-order valence-corrected chi connectivity index (χ4v) is 1.57. The van der Waals surface area contributed by atoms with Crippen molar-refractivity contribution in [2.75, 3.05) is 11.9 Å². The first-order valence-corrected chi connectivity index (χ1v) is 4.98. The minimum absolute atomic E-state index is 1.04. The number of nitrogens with zero attached hydrogens (tertiary/aromatic N) is 1. The molecule has 2 aromatic rings. The van der Waals surface area contributed by atoms with Crippen molar-refractivity contribution < 1.29 is 0 Å². The van der Waals surface area contributed by atoms with Gasteiger partial charge in [-0.1, -0.05) is 30.3 Å². The first-order chi connectivity index (χ1) is 7.27. The van der Waals surface area contributed by atoms with Gasteiger partial charge in [-0.15, -0.1) is 0 Å². The third kappa shape index (κ3) is 2.18. The van der Waals surface area contributed by atoms with E-state index >= 15 is 0 Å². The van der Waals surface area contributed by atoms with Gasteiger partial charge < -0.3 is 4.90 Å². The van der Waals surface area contributed by atoms with Crippen molar-refractivity contribution in [1.82, 2.24) is 0 Å². The van der Waals surface area contributed by atoms with E-state index in [-0.39, 0.29) is 0 Å². The van der Waals surface area contributed by atoms with E-state index in [9.17, 15) is 0 Å². The molecule has 0 aliphatic heterocycles. The standard InChI is InChI=1S/C14H14N/c1-12-7-6-10-14(11-12)15(2)13-8-4-3-5-9-13/h3-11H,1H2,2H3. The molecule has 0 aromatic heterocycles. The Hall–Kier alpha value is -1.76. The van der Waals surface area contributed by atoms with Crippen molar-refractivity contribution in [3.63, 3.8) is 0 Å². The van der Waals surface area contributed by atoms with E-state index in [2.05, 4.69) is 43.1 Å². The van der Waals surface area contributed by atoms with E-state index in [0.29, 0.717) is 0 Å². The lowest BCUT2D eigenvalue weighted by atomic mass is 10.2. The Labute approximate surface area is 91.0 Å². The highest BCUT2D eigenvalue weighted by molar-refractivity contribution is 5.62. The molecule has 0 aliphatic carbocycles. The van der Waals surface area contributed by atoms with Gasteiger partial charge in [-0.25, -0.2) is 0 Å². The van der Waals surface area contributed by atoms with Crippen molar-refractivity contribution in [3.8, 4) is 0 Å². The summed E-state index contributed by atoms with van der Waals surface area (Å²) in [7, 11) is 2.06. The molecule has 0 saturated carbocycles. The fourth-order valence-electron chi connectivity index (χ4n) is 1.57. The summed E-state index contributed by atoms with van der Waals surface area (Å²) >= 11 is 0. The Morgan fingerprint density at radius 3 is 2.20 bits per heavy atom. The molecule has 0 spiro atoms. The normalized spacial score (nSPS) is 10.0. The van der Waals surface area contributed by atoms with Gasteiger partial charge in [0.2, 0.25) is 0 Å². The summed E-state index contributed by atoms with van der Waals surface area (Å²) in [6.07, 6.45) is 0. The molecular formula is C14H14N. The van der Waals surface area contributed by atoms with E-state index < -0.39 is 0 Å². The summed E-state index contributed by atoms with van der Waals surface area (Å²) < 4.78 is 0. The number of rotatable bonds is 2. The average molecular weight is 196 g/mol. The molecule has 0 atom stereocenters. The van der Waals surface area contributed by atoms with Gasteiger partial charge in [-0.05, 0) is 36.8 Å². The van der Waals surface area contributed by atoms with Crippen molar-refractivity contribution in [2.24, 2.45) is 0 Å². The fraction of sp³-hybridized carbons (Fsp3) is 0.0714. The summed E-state index contributed by atoms with van der Waals surface area (Å²) in [6, 6.07) is 18.5. The van der Waals surface area contributed by atoms with Crippen molar-refractivity contribution in [3.05, 3.63) is 67.1 Å². The Kier molecular flexibility index (Phi) is 2.72. The summed E-state index contributed by atoms with van der Waals surface area (Å²) in [5.41, 5.74) is 3.38. The number of hydrogen-bond acceptors (Lipinski definition) is 1. The number of anilines is 2. The van der Waals surface area contributed by atoms with E-state index in [1.165, 1.54) is 5.69 Å². The van der Waals surface area contributed by atoms with Crippen molar-refractivity contribution >= 4 is 11.4 Å². The predicted octanol–water partition coefficient (Wildman–Crippen LogP) is 3.64. The second kappa shape index (κ2) is 4.18. The SMILES string of the molecule is [CH2]c1cccc(N(C)c2ccccc2)c1. The van der Waals surface area contributed by atoms with Crippen LogP contribution in [-0.4, -0.2) is 7.05 Å². The first-order valence-electron chi connectivity index (χ1n) is 4.98. The van der Waals surface area contributed by atoms with Crippen LogP contribution in [0.15, 0.2) is 54.6 Å². The Morgan fingerprint density at radius 2 is 1.53 bits per heavy atom. The van der Waals surface area contributed by atoms with Crippen LogP contribution < -0.4 is 4.90 Å². The maximum absolute atomic E-state index is 3.93. The van der Waals surface area contributed by atoms with Gasteiger partial charge in [0.05, 0.1) is 0 Å². The van der Waals surface area contributed by atoms with Gasteiger partial charge in [0.1, 0.15) is 0 Å². The van der Waals surface area contributed by atoms with Gasteiger partial charge in [0.15, 0.2) is 0 Å². The smallest absolute Gasteiger partial charge is 0.0410 e.